The van der Waals surface area contributed by atoms with Crippen LogP contribution in [0.15, 0.2) is 24.3 Å². The summed E-state index contributed by atoms with van der Waals surface area (Å²) in [5.41, 5.74) is 4.63. The van der Waals surface area contributed by atoms with Gasteiger partial charge in [-0.3, -0.25) is 14.9 Å². The average Bonchev–Trinajstić information content (AvgIpc) is 2.39. The zero-order valence-corrected chi connectivity index (χ0v) is 9.59. The van der Waals surface area contributed by atoms with Crippen LogP contribution in [0.5, 0.6) is 0 Å². The number of primary amides is 1. The number of nitrogens with one attached hydrogen (secondary N) is 1. The second-order valence-corrected chi connectivity index (χ2v) is 4.02. The zero-order chi connectivity index (χ0) is 13.2. The maximum absolute atomic E-state index is 11.6. The second-order valence-electron chi connectivity index (χ2n) is 4.02. The largest absolute Gasteiger partial charge is 0.367 e. The number of amides is 1. The first-order valence-corrected chi connectivity index (χ1v) is 5.46. The fourth-order valence-corrected chi connectivity index (χ4v) is 1.95. The van der Waals surface area contributed by atoms with Gasteiger partial charge in [0.2, 0.25) is 0 Å². The molecule has 96 valence electrons. The number of hydrogen-bond acceptors (Lipinski definition) is 5. The lowest BCUT2D eigenvalue weighted by Gasteiger charge is -2.35. The van der Waals surface area contributed by atoms with Crippen LogP contribution < -0.4 is 11.1 Å². The van der Waals surface area contributed by atoms with Crippen LogP contribution in [0, 0.1) is 10.1 Å². The predicted molar refractivity (Wildman–Crippen MR) is 62.8 cm³/mol. The van der Waals surface area contributed by atoms with Gasteiger partial charge in [-0.15, -0.1) is 0 Å². The molecule has 1 saturated heterocycles. The lowest BCUT2D eigenvalue weighted by molar-refractivity contribution is -0.384. The molecule has 18 heavy (non-hydrogen) atoms. The summed E-state index contributed by atoms with van der Waals surface area (Å²) in [6, 6.07) is 5.65. The van der Waals surface area contributed by atoms with Gasteiger partial charge in [0.15, 0.2) is 5.60 Å². The van der Waals surface area contributed by atoms with Gasteiger partial charge in [-0.25, -0.2) is 0 Å². The van der Waals surface area contributed by atoms with E-state index in [-0.39, 0.29) is 12.2 Å². The number of hydrogen-bond donors (Lipinski definition) is 2. The number of ether oxygens (including phenoxy) is 1. The molecule has 1 heterocycles. The maximum atomic E-state index is 11.6. The first-order chi connectivity index (χ1) is 8.56. The highest BCUT2D eigenvalue weighted by Gasteiger charge is 2.41. The topological polar surface area (TPSA) is 107 Å². The summed E-state index contributed by atoms with van der Waals surface area (Å²) in [5, 5.41) is 13.6. The minimum atomic E-state index is -1.24. The van der Waals surface area contributed by atoms with Crippen LogP contribution in [0.4, 0.5) is 5.69 Å². The van der Waals surface area contributed by atoms with Gasteiger partial charge in [0.05, 0.1) is 11.5 Å². The number of carbonyl (C=O) groups is 1. The molecule has 0 aliphatic carbocycles. The van der Waals surface area contributed by atoms with Crippen molar-refractivity contribution in [3.63, 3.8) is 0 Å². The molecule has 1 amide bonds. The van der Waals surface area contributed by atoms with Crippen molar-refractivity contribution < 1.29 is 14.5 Å². The summed E-state index contributed by atoms with van der Waals surface area (Å²) in [7, 11) is 0. The van der Waals surface area contributed by atoms with Gasteiger partial charge in [0, 0.05) is 25.2 Å². The van der Waals surface area contributed by atoms with E-state index in [0.717, 1.165) is 0 Å². The molecule has 1 aromatic carbocycles. The van der Waals surface area contributed by atoms with Gasteiger partial charge >= 0.3 is 0 Å². The van der Waals surface area contributed by atoms with Crippen LogP contribution in [0.3, 0.4) is 0 Å². The molecule has 0 aromatic heterocycles. The number of carbonyl (C=O) groups excluding carboxylic acids is 1. The molecule has 3 N–H and O–H groups in total. The number of nitro groups is 1. The number of nitro benzene ring substituents is 1. The van der Waals surface area contributed by atoms with Crippen molar-refractivity contribution in [3.05, 3.63) is 39.9 Å². The molecule has 0 spiro atoms. The zero-order valence-electron chi connectivity index (χ0n) is 9.59. The van der Waals surface area contributed by atoms with Crippen LogP contribution in [-0.2, 0) is 15.1 Å². The third-order valence-corrected chi connectivity index (χ3v) is 2.94. The van der Waals surface area contributed by atoms with E-state index in [9.17, 15) is 14.9 Å². The number of morpholine rings is 1. The van der Waals surface area contributed by atoms with Crippen molar-refractivity contribution >= 4 is 11.6 Å². The monoisotopic (exact) mass is 251 g/mol. The smallest absolute Gasteiger partial charge is 0.269 e. The van der Waals surface area contributed by atoms with Gasteiger partial charge in [0.25, 0.3) is 11.6 Å². The molecule has 0 radical (unpaired) electrons. The third kappa shape index (κ3) is 2.05. The van der Waals surface area contributed by atoms with Crippen LogP contribution in [0.25, 0.3) is 0 Å². The highest BCUT2D eigenvalue weighted by Crippen LogP contribution is 2.28. The van der Waals surface area contributed by atoms with Gasteiger partial charge in [-0.05, 0) is 17.7 Å². The molecule has 1 aliphatic heterocycles. The number of nitrogens with two attached hydrogens (primary N) is 1. The van der Waals surface area contributed by atoms with Crippen LogP contribution in [-0.4, -0.2) is 30.5 Å². The van der Waals surface area contributed by atoms with Crippen molar-refractivity contribution in [1.82, 2.24) is 5.32 Å². The van der Waals surface area contributed by atoms with E-state index in [1.165, 1.54) is 24.3 Å². The molecule has 1 unspecified atom stereocenters. The van der Waals surface area contributed by atoms with Gasteiger partial charge < -0.3 is 15.8 Å². The normalized spacial score (nSPS) is 23.6. The lowest BCUT2D eigenvalue weighted by Crippen LogP contribution is -2.55. The van der Waals surface area contributed by atoms with Crippen molar-refractivity contribution in [3.8, 4) is 0 Å². The fourth-order valence-electron chi connectivity index (χ4n) is 1.95. The van der Waals surface area contributed by atoms with Crippen LogP contribution in [0.1, 0.15) is 5.56 Å². The number of benzene rings is 1. The summed E-state index contributed by atoms with van der Waals surface area (Å²) in [5.74, 6) is -0.608. The summed E-state index contributed by atoms with van der Waals surface area (Å²) < 4.78 is 5.51. The molecule has 1 aromatic rings. The fraction of sp³-hybridized carbons (Fsp3) is 0.364. The number of non-ortho nitro benzene ring substituents is 1. The summed E-state index contributed by atoms with van der Waals surface area (Å²) in [4.78, 5) is 21.7. The van der Waals surface area contributed by atoms with Crippen molar-refractivity contribution in [2.75, 3.05) is 19.7 Å². The predicted octanol–water partition coefficient (Wildman–Crippen LogP) is -0.105. The first kappa shape index (κ1) is 12.5. The van der Waals surface area contributed by atoms with Gasteiger partial charge in [-0.1, -0.05) is 0 Å². The number of nitrogens with zero attached hydrogens (tertiary/aromatic N) is 1. The van der Waals surface area contributed by atoms with Crippen molar-refractivity contribution in [2.45, 2.75) is 5.60 Å². The van der Waals surface area contributed by atoms with E-state index in [1.807, 2.05) is 0 Å². The highest BCUT2D eigenvalue weighted by molar-refractivity contribution is 5.85. The summed E-state index contributed by atoms with van der Waals surface area (Å²) in [6.45, 7) is 1.27. The Labute approximate surface area is 103 Å². The van der Waals surface area contributed by atoms with E-state index in [2.05, 4.69) is 5.32 Å². The molecule has 2 rings (SSSR count). The molecular formula is C11H13N3O4. The minimum absolute atomic E-state index is 0.0397. The summed E-state index contributed by atoms with van der Waals surface area (Å²) >= 11 is 0. The third-order valence-electron chi connectivity index (χ3n) is 2.94. The van der Waals surface area contributed by atoms with Gasteiger partial charge in [-0.2, -0.15) is 0 Å². The Kier molecular flexibility index (Phi) is 3.26. The van der Waals surface area contributed by atoms with E-state index >= 15 is 0 Å². The Morgan fingerprint density at radius 1 is 1.44 bits per heavy atom. The standard InChI is InChI=1S/C11H13N3O4/c12-10(15)11(7-13-5-6-18-11)8-1-3-9(4-2-8)14(16)17/h1-4,13H,5-7H2,(H2,12,15). The number of rotatable bonds is 3. The van der Waals surface area contributed by atoms with E-state index < -0.39 is 16.4 Å². The molecule has 1 aliphatic rings. The SMILES string of the molecule is NC(=O)C1(c2ccc([N+](=O)[O-])cc2)CNCCO1. The Hall–Kier alpha value is -1.99. The maximum Gasteiger partial charge on any atom is 0.269 e. The molecule has 7 nitrogen and oxygen atoms in total. The highest BCUT2D eigenvalue weighted by atomic mass is 16.6. The molecule has 0 saturated carbocycles. The molecule has 1 fully saturated rings. The van der Waals surface area contributed by atoms with Crippen molar-refractivity contribution in [2.24, 2.45) is 5.73 Å². The first-order valence-electron chi connectivity index (χ1n) is 5.46. The van der Waals surface area contributed by atoms with Crippen LogP contribution in [0.2, 0.25) is 0 Å². The molecule has 0 bridgehead atoms. The molecule has 1 atom stereocenters. The minimum Gasteiger partial charge on any atom is -0.367 e. The van der Waals surface area contributed by atoms with E-state index in [1.54, 1.807) is 0 Å². The quantitative estimate of drug-likeness (QED) is 0.576. The lowest BCUT2D eigenvalue weighted by atomic mass is 9.91. The van der Waals surface area contributed by atoms with Crippen molar-refractivity contribution in [1.29, 1.82) is 0 Å². The average molecular weight is 251 g/mol. The Morgan fingerprint density at radius 2 is 2.11 bits per heavy atom. The van der Waals surface area contributed by atoms with E-state index in [0.29, 0.717) is 18.7 Å². The Balaban J connectivity index is 2.37. The Bertz CT molecular complexity index is 466. The van der Waals surface area contributed by atoms with Gasteiger partial charge in [0.1, 0.15) is 0 Å². The molecular weight excluding hydrogens is 238 g/mol. The Morgan fingerprint density at radius 3 is 2.56 bits per heavy atom. The second kappa shape index (κ2) is 4.71. The summed E-state index contributed by atoms with van der Waals surface area (Å²) in [6.07, 6.45) is 0. The van der Waals surface area contributed by atoms with E-state index in [4.69, 9.17) is 10.5 Å². The van der Waals surface area contributed by atoms with Crippen LogP contribution >= 0.6 is 0 Å². The molecule has 7 heteroatoms.